The van der Waals surface area contributed by atoms with Crippen LogP contribution in [0.15, 0.2) is 53.7 Å². The number of carbonyl (C=O) groups is 3. The Hall–Kier alpha value is -3.53. The molecule has 172 valence electrons. The third-order valence-electron chi connectivity index (χ3n) is 4.84. The molecule has 1 aromatic heterocycles. The molecular formula is C23H24FN5O3S. The lowest BCUT2D eigenvalue weighted by Gasteiger charge is -2.14. The largest absolute Gasteiger partial charge is 0.325 e. The summed E-state index contributed by atoms with van der Waals surface area (Å²) < 4.78 is 15.4. The number of carbonyl (C=O) groups excluding carboxylic acids is 3. The summed E-state index contributed by atoms with van der Waals surface area (Å²) in [7, 11) is 1.70. The van der Waals surface area contributed by atoms with E-state index in [1.807, 2.05) is 6.92 Å². The molecule has 0 saturated carbocycles. The van der Waals surface area contributed by atoms with Crippen molar-refractivity contribution in [3.8, 4) is 0 Å². The van der Waals surface area contributed by atoms with E-state index < -0.39 is 17.0 Å². The number of Topliss-reactive ketones (excluding diaryl/α,β-unsaturated/α-hetero) is 1. The van der Waals surface area contributed by atoms with Gasteiger partial charge in [-0.1, -0.05) is 43.0 Å². The molecule has 1 atom stereocenters. The number of ketones is 1. The van der Waals surface area contributed by atoms with E-state index in [1.54, 1.807) is 41.9 Å². The van der Waals surface area contributed by atoms with Gasteiger partial charge < -0.3 is 15.2 Å². The molecule has 0 bridgehead atoms. The number of thioether (sulfide) groups is 1. The number of halogens is 1. The van der Waals surface area contributed by atoms with Crippen molar-refractivity contribution in [3.05, 3.63) is 65.7 Å². The molecule has 0 unspecified atom stereocenters. The van der Waals surface area contributed by atoms with Crippen LogP contribution in [-0.2, 0) is 23.1 Å². The maximum absolute atomic E-state index is 13.7. The van der Waals surface area contributed by atoms with Crippen LogP contribution < -0.4 is 10.6 Å². The molecule has 0 aliphatic heterocycles. The van der Waals surface area contributed by atoms with Crippen molar-refractivity contribution in [1.82, 2.24) is 14.8 Å². The summed E-state index contributed by atoms with van der Waals surface area (Å²) in [5.41, 5.74) is 1.14. The van der Waals surface area contributed by atoms with Crippen LogP contribution in [0.2, 0.25) is 0 Å². The third-order valence-corrected chi connectivity index (χ3v) is 6.24. The lowest BCUT2D eigenvalue weighted by atomic mass is 10.1. The van der Waals surface area contributed by atoms with Gasteiger partial charge >= 0.3 is 0 Å². The molecule has 0 spiro atoms. The summed E-state index contributed by atoms with van der Waals surface area (Å²) in [6.45, 7) is 3.34. The fourth-order valence-electron chi connectivity index (χ4n) is 2.99. The van der Waals surface area contributed by atoms with Gasteiger partial charge in [-0.05, 0) is 37.6 Å². The van der Waals surface area contributed by atoms with E-state index in [0.29, 0.717) is 28.7 Å². The summed E-state index contributed by atoms with van der Waals surface area (Å²) in [4.78, 5) is 36.7. The van der Waals surface area contributed by atoms with Gasteiger partial charge in [0.1, 0.15) is 11.6 Å². The van der Waals surface area contributed by atoms with Crippen molar-refractivity contribution in [3.63, 3.8) is 0 Å². The van der Waals surface area contributed by atoms with Gasteiger partial charge in [-0.3, -0.25) is 14.4 Å². The first-order valence-corrected chi connectivity index (χ1v) is 11.2. The summed E-state index contributed by atoms with van der Waals surface area (Å²) in [5.74, 6) is -0.882. The van der Waals surface area contributed by atoms with Crippen LogP contribution >= 0.6 is 11.8 Å². The maximum atomic E-state index is 13.7. The molecule has 1 heterocycles. The molecule has 10 heteroatoms. The highest BCUT2D eigenvalue weighted by molar-refractivity contribution is 8.00. The van der Waals surface area contributed by atoms with Crippen molar-refractivity contribution < 1.29 is 18.8 Å². The maximum Gasteiger partial charge on any atom is 0.237 e. The topological polar surface area (TPSA) is 106 Å². The van der Waals surface area contributed by atoms with Gasteiger partial charge in [0.15, 0.2) is 10.9 Å². The zero-order chi connectivity index (χ0) is 24.0. The highest BCUT2D eigenvalue weighted by Crippen LogP contribution is 2.25. The smallest absolute Gasteiger partial charge is 0.237 e. The molecule has 3 aromatic rings. The Balaban J connectivity index is 1.64. The lowest BCUT2D eigenvalue weighted by molar-refractivity contribution is -0.116. The van der Waals surface area contributed by atoms with Gasteiger partial charge in [-0.25, -0.2) is 4.39 Å². The molecular weight excluding hydrogens is 445 g/mol. The van der Waals surface area contributed by atoms with Gasteiger partial charge in [0, 0.05) is 18.3 Å². The van der Waals surface area contributed by atoms with E-state index in [4.69, 9.17) is 0 Å². The van der Waals surface area contributed by atoms with Gasteiger partial charge in [0.05, 0.1) is 17.4 Å². The van der Waals surface area contributed by atoms with Crippen molar-refractivity contribution in [2.24, 2.45) is 7.05 Å². The number of rotatable bonds is 9. The monoisotopic (exact) mass is 469 g/mol. The van der Waals surface area contributed by atoms with Crippen LogP contribution in [0.1, 0.15) is 36.5 Å². The molecule has 0 aliphatic carbocycles. The van der Waals surface area contributed by atoms with Crippen LogP contribution in [0.3, 0.4) is 0 Å². The van der Waals surface area contributed by atoms with Crippen molar-refractivity contribution >= 4 is 40.7 Å². The van der Waals surface area contributed by atoms with Gasteiger partial charge in [0.25, 0.3) is 0 Å². The normalized spacial score (nSPS) is 11.6. The Bertz CT molecular complexity index is 1180. The van der Waals surface area contributed by atoms with E-state index in [2.05, 4.69) is 20.8 Å². The minimum Gasteiger partial charge on any atom is -0.325 e. The van der Waals surface area contributed by atoms with Crippen LogP contribution in [0.4, 0.5) is 15.8 Å². The molecule has 8 nitrogen and oxygen atoms in total. The summed E-state index contributed by atoms with van der Waals surface area (Å²) >= 11 is 1.23. The number of amides is 2. The first kappa shape index (κ1) is 24.1. The van der Waals surface area contributed by atoms with Crippen LogP contribution in [0.25, 0.3) is 0 Å². The summed E-state index contributed by atoms with van der Waals surface area (Å²) in [6.07, 6.45) is 0.429. The Labute approximate surface area is 195 Å². The number of hydrogen-bond donors (Lipinski definition) is 2. The molecule has 33 heavy (non-hydrogen) atoms. The van der Waals surface area contributed by atoms with E-state index in [1.165, 1.54) is 36.9 Å². The number of para-hydroxylation sites is 1. The van der Waals surface area contributed by atoms with Crippen LogP contribution in [0.5, 0.6) is 0 Å². The number of nitrogens with one attached hydrogen (secondary N) is 2. The van der Waals surface area contributed by atoms with Gasteiger partial charge in [-0.2, -0.15) is 0 Å². The predicted octanol–water partition coefficient (Wildman–Crippen LogP) is 3.85. The number of anilines is 2. The standard InChI is InChI=1S/C23H24FN5O3S/c1-4-19(22(32)25-16-9-7-8-15(12-16)14(2)30)33-23-28-27-20(29(23)3)13-21(31)26-18-11-6-5-10-17(18)24/h5-12,19H,4,13H2,1-3H3,(H,25,32)(H,26,31)/t19-/m0/s1. The van der Waals surface area contributed by atoms with E-state index in [9.17, 15) is 18.8 Å². The molecule has 2 amide bonds. The zero-order valence-corrected chi connectivity index (χ0v) is 19.3. The number of hydrogen-bond acceptors (Lipinski definition) is 6. The number of aromatic nitrogens is 3. The van der Waals surface area contributed by atoms with Gasteiger partial charge in [-0.15, -0.1) is 10.2 Å². The lowest BCUT2D eigenvalue weighted by Crippen LogP contribution is -2.25. The second-order valence-electron chi connectivity index (χ2n) is 7.30. The van der Waals surface area contributed by atoms with Gasteiger partial charge in [0.2, 0.25) is 11.8 Å². The first-order chi connectivity index (χ1) is 15.8. The van der Waals surface area contributed by atoms with Crippen molar-refractivity contribution in [2.75, 3.05) is 10.6 Å². The van der Waals surface area contributed by atoms with E-state index in [-0.39, 0.29) is 23.8 Å². The number of benzene rings is 2. The Morgan fingerprint density at radius 1 is 1.09 bits per heavy atom. The first-order valence-electron chi connectivity index (χ1n) is 10.3. The average molecular weight is 470 g/mol. The third kappa shape index (κ3) is 6.26. The van der Waals surface area contributed by atoms with E-state index in [0.717, 1.165) is 0 Å². The Kier molecular flexibility index (Phi) is 7.94. The molecule has 0 fully saturated rings. The fraction of sp³-hybridized carbons (Fsp3) is 0.261. The summed E-state index contributed by atoms with van der Waals surface area (Å²) in [5, 5.41) is 13.5. The average Bonchev–Trinajstić information content (AvgIpc) is 3.12. The Morgan fingerprint density at radius 2 is 1.85 bits per heavy atom. The van der Waals surface area contributed by atoms with E-state index >= 15 is 0 Å². The molecule has 3 rings (SSSR count). The highest BCUT2D eigenvalue weighted by atomic mass is 32.2. The molecule has 0 radical (unpaired) electrons. The molecule has 0 aliphatic rings. The minimum absolute atomic E-state index is 0.0850. The van der Waals surface area contributed by atoms with Crippen molar-refractivity contribution in [2.45, 2.75) is 37.1 Å². The summed E-state index contributed by atoms with van der Waals surface area (Å²) in [6, 6.07) is 12.7. The predicted molar refractivity (Wildman–Crippen MR) is 125 cm³/mol. The minimum atomic E-state index is -0.523. The number of nitrogens with zero attached hydrogens (tertiary/aromatic N) is 3. The molecule has 2 N–H and O–H groups in total. The molecule has 2 aromatic carbocycles. The second-order valence-corrected chi connectivity index (χ2v) is 8.47. The SMILES string of the molecule is CC[C@H](Sc1nnc(CC(=O)Nc2ccccc2F)n1C)C(=O)Nc1cccc(C(C)=O)c1. The Morgan fingerprint density at radius 3 is 2.55 bits per heavy atom. The fourth-order valence-corrected chi connectivity index (χ4v) is 3.93. The second kappa shape index (κ2) is 10.9. The quantitative estimate of drug-likeness (QED) is 0.364. The molecule has 0 saturated heterocycles. The highest BCUT2D eigenvalue weighted by Gasteiger charge is 2.22. The zero-order valence-electron chi connectivity index (χ0n) is 18.5. The van der Waals surface area contributed by atoms with Crippen LogP contribution in [-0.4, -0.2) is 37.6 Å². The van der Waals surface area contributed by atoms with Crippen LogP contribution in [0, 0.1) is 5.82 Å². The van der Waals surface area contributed by atoms with Crippen molar-refractivity contribution in [1.29, 1.82) is 0 Å².